The van der Waals surface area contributed by atoms with Crippen molar-refractivity contribution in [2.24, 2.45) is 5.92 Å². The van der Waals surface area contributed by atoms with Gasteiger partial charge in [-0.25, -0.2) is 0 Å². The number of aliphatic carboxylic acids is 1. The van der Waals surface area contributed by atoms with Gasteiger partial charge in [-0.05, 0) is 17.7 Å². The third-order valence-corrected chi connectivity index (χ3v) is 3.39. The molecule has 1 fully saturated rings. The maximum atomic E-state index is 11.7. The second kappa shape index (κ2) is 5.30. The van der Waals surface area contributed by atoms with E-state index in [0.29, 0.717) is 13.1 Å². The van der Waals surface area contributed by atoms with Gasteiger partial charge in [0, 0.05) is 39.3 Å². The molecule has 102 valence electrons. The largest absolute Gasteiger partial charge is 0.481 e. The molecule has 1 aliphatic heterocycles. The number of benzene rings is 1. The molecule has 1 N–H and O–H groups in total. The minimum atomic E-state index is -0.890. The summed E-state index contributed by atoms with van der Waals surface area (Å²) in [5.74, 6) is -1.53. The van der Waals surface area contributed by atoms with Crippen LogP contribution in [0.25, 0.3) is 0 Å². The number of hydrogen-bond donors (Lipinski definition) is 1. The second-order valence-electron chi connectivity index (χ2n) is 5.07. The maximum absolute atomic E-state index is 11.7. The van der Waals surface area contributed by atoms with Gasteiger partial charge in [0.05, 0.1) is 5.92 Å². The number of carbonyl (C=O) groups excluding carboxylic acids is 1. The molecular weight excluding hydrogens is 244 g/mol. The van der Waals surface area contributed by atoms with Crippen molar-refractivity contribution in [3.8, 4) is 0 Å². The van der Waals surface area contributed by atoms with Crippen LogP contribution in [0.2, 0.25) is 0 Å². The molecule has 0 aromatic heterocycles. The van der Waals surface area contributed by atoms with Crippen LogP contribution in [0, 0.1) is 5.92 Å². The predicted molar refractivity (Wildman–Crippen MR) is 71.9 cm³/mol. The number of hydrogen-bond acceptors (Lipinski definition) is 3. The van der Waals surface area contributed by atoms with Crippen LogP contribution in [0.1, 0.15) is 12.0 Å². The third-order valence-electron chi connectivity index (χ3n) is 3.39. The summed E-state index contributed by atoms with van der Waals surface area (Å²) in [6, 6.07) is 7.92. The molecule has 0 radical (unpaired) electrons. The summed E-state index contributed by atoms with van der Waals surface area (Å²) in [7, 11) is 3.94. The predicted octanol–water partition coefficient (Wildman–Crippen LogP) is 1.19. The van der Waals surface area contributed by atoms with Gasteiger partial charge in [0.25, 0.3) is 0 Å². The van der Waals surface area contributed by atoms with Gasteiger partial charge in [-0.3, -0.25) is 9.59 Å². The highest BCUT2D eigenvalue weighted by molar-refractivity contribution is 5.86. The molecule has 0 saturated carbocycles. The number of likely N-dealkylation sites (tertiary alicyclic amines) is 1. The Morgan fingerprint density at radius 2 is 2.00 bits per heavy atom. The molecule has 1 saturated heterocycles. The van der Waals surface area contributed by atoms with Crippen molar-refractivity contribution in [2.75, 3.05) is 25.5 Å². The van der Waals surface area contributed by atoms with Crippen LogP contribution >= 0.6 is 0 Å². The van der Waals surface area contributed by atoms with Gasteiger partial charge < -0.3 is 14.9 Å². The lowest BCUT2D eigenvalue weighted by atomic mass is 10.1. The van der Waals surface area contributed by atoms with Gasteiger partial charge in [0.15, 0.2) is 0 Å². The molecule has 1 atom stereocenters. The quantitative estimate of drug-likeness (QED) is 0.885. The molecule has 1 aliphatic rings. The summed E-state index contributed by atoms with van der Waals surface area (Å²) in [4.78, 5) is 26.2. The van der Waals surface area contributed by atoms with Crippen LogP contribution in [-0.4, -0.2) is 42.5 Å². The van der Waals surface area contributed by atoms with Crippen molar-refractivity contribution in [3.63, 3.8) is 0 Å². The molecular formula is C14H18N2O3. The molecule has 5 nitrogen and oxygen atoms in total. The first-order chi connectivity index (χ1) is 8.97. The van der Waals surface area contributed by atoms with E-state index in [2.05, 4.69) is 0 Å². The summed E-state index contributed by atoms with van der Waals surface area (Å²) in [5, 5.41) is 8.93. The van der Waals surface area contributed by atoms with E-state index >= 15 is 0 Å². The standard InChI is InChI=1S/C14H18N2O3/c1-15(2)12-5-3-10(4-6-12)8-16-9-11(14(18)19)7-13(16)17/h3-6,11H,7-9H2,1-2H3,(H,18,19). The van der Waals surface area contributed by atoms with Gasteiger partial charge in [0.2, 0.25) is 5.91 Å². The number of rotatable bonds is 4. The van der Waals surface area contributed by atoms with Gasteiger partial charge >= 0.3 is 5.97 Å². The Bertz CT molecular complexity index is 482. The maximum Gasteiger partial charge on any atom is 0.308 e. The van der Waals surface area contributed by atoms with Crippen molar-refractivity contribution >= 4 is 17.6 Å². The lowest BCUT2D eigenvalue weighted by Crippen LogP contribution is -2.25. The summed E-state index contributed by atoms with van der Waals surface area (Å²) >= 11 is 0. The number of anilines is 1. The fourth-order valence-electron chi connectivity index (χ4n) is 2.21. The van der Waals surface area contributed by atoms with Gasteiger partial charge in [0.1, 0.15) is 0 Å². The molecule has 5 heteroatoms. The van der Waals surface area contributed by atoms with E-state index in [1.807, 2.05) is 43.3 Å². The first-order valence-corrected chi connectivity index (χ1v) is 6.24. The Kier molecular flexibility index (Phi) is 3.74. The van der Waals surface area contributed by atoms with E-state index in [0.717, 1.165) is 11.3 Å². The average Bonchev–Trinajstić information content (AvgIpc) is 2.72. The van der Waals surface area contributed by atoms with Gasteiger partial charge in [-0.1, -0.05) is 12.1 Å². The van der Waals surface area contributed by atoms with Crippen LogP contribution in [0.3, 0.4) is 0 Å². The molecule has 0 bridgehead atoms. The minimum absolute atomic E-state index is 0.0795. The smallest absolute Gasteiger partial charge is 0.308 e. The molecule has 0 spiro atoms. The second-order valence-corrected chi connectivity index (χ2v) is 5.07. The average molecular weight is 262 g/mol. The fraction of sp³-hybridized carbons (Fsp3) is 0.429. The van der Waals surface area contributed by atoms with E-state index in [1.54, 1.807) is 4.90 Å². The molecule has 1 heterocycles. The monoisotopic (exact) mass is 262 g/mol. The van der Waals surface area contributed by atoms with E-state index in [-0.39, 0.29) is 12.3 Å². The highest BCUT2D eigenvalue weighted by atomic mass is 16.4. The highest BCUT2D eigenvalue weighted by Crippen LogP contribution is 2.21. The lowest BCUT2D eigenvalue weighted by Gasteiger charge is -2.17. The molecule has 1 aromatic carbocycles. The van der Waals surface area contributed by atoms with Crippen molar-refractivity contribution in [1.29, 1.82) is 0 Å². The normalized spacial score (nSPS) is 18.7. The summed E-state index contributed by atoms with van der Waals surface area (Å²) in [6.07, 6.45) is 0.116. The van der Waals surface area contributed by atoms with Crippen molar-refractivity contribution in [2.45, 2.75) is 13.0 Å². The number of amides is 1. The Hall–Kier alpha value is -2.04. The number of carboxylic acid groups (broad SMARTS) is 1. The van der Waals surface area contributed by atoms with Gasteiger partial charge in [-0.2, -0.15) is 0 Å². The lowest BCUT2D eigenvalue weighted by molar-refractivity contribution is -0.141. The molecule has 2 rings (SSSR count). The van der Waals surface area contributed by atoms with E-state index < -0.39 is 11.9 Å². The molecule has 1 amide bonds. The molecule has 19 heavy (non-hydrogen) atoms. The van der Waals surface area contributed by atoms with Crippen LogP contribution < -0.4 is 4.90 Å². The van der Waals surface area contributed by atoms with Crippen LogP contribution in [0.5, 0.6) is 0 Å². The van der Waals surface area contributed by atoms with Crippen LogP contribution in [0.4, 0.5) is 5.69 Å². The SMILES string of the molecule is CN(C)c1ccc(CN2CC(C(=O)O)CC2=O)cc1. The zero-order valence-electron chi connectivity index (χ0n) is 11.2. The number of carboxylic acids is 1. The Morgan fingerprint density at radius 1 is 1.37 bits per heavy atom. The summed E-state index contributed by atoms with van der Waals surface area (Å²) < 4.78 is 0. The van der Waals surface area contributed by atoms with E-state index in [9.17, 15) is 9.59 Å². The fourth-order valence-corrected chi connectivity index (χ4v) is 2.21. The number of nitrogens with zero attached hydrogens (tertiary/aromatic N) is 2. The minimum Gasteiger partial charge on any atom is -0.481 e. The molecule has 1 unspecified atom stereocenters. The van der Waals surface area contributed by atoms with Crippen molar-refractivity contribution < 1.29 is 14.7 Å². The van der Waals surface area contributed by atoms with Crippen LogP contribution in [0.15, 0.2) is 24.3 Å². The topological polar surface area (TPSA) is 60.9 Å². The summed E-state index contributed by atoms with van der Waals surface area (Å²) in [5.41, 5.74) is 2.12. The Balaban J connectivity index is 2.01. The zero-order valence-corrected chi connectivity index (χ0v) is 11.2. The Morgan fingerprint density at radius 3 is 2.47 bits per heavy atom. The number of carbonyl (C=O) groups is 2. The highest BCUT2D eigenvalue weighted by Gasteiger charge is 2.33. The van der Waals surface area contributed by atoms with E-state index in [1.165, 1.54) is 0 Å². The molecule has 1 aromatic rings. The third kappa shape index (κ3) is 3.05. The Labute approximate surface area is 112 Å². The summed E-state index contributed by atoms with van der Waals surface area (Å²) in [6.45, 7) is 0.792. The first-order valence-electron chi connectivity index (χ1n) is 6.24. The van der Waals surface area contributed by atoms with Gasteiger partial charge in [-0.15, -0.1) is 0 Å². The van der Waals surface area contributed by atoms with E-state index in [4.69, 9.17) is 5.11 Å². The van der Waals surface area contributed by atoms with Crippen LogP contribution in [-0.2, 0) is 16.1 Å². The van der Waals surface area contributed by atoms with Crippen molar-refractivity contribution in [3.05, 3.63) is 29.8 Å². The zero-order chi connectivity index (χ0) is 14.0. The molecule has 0 aliphatic carbocycles. The van der Waals surface area contributed by atoms with Crippen molar-refractivity contribution in [1.82, 2.24) is 4.90 Å². The first kappa shape index (κ1) is 13.4.